The predicted octanol–water partition coefficient (Wildman–Crippen LogP) is -1.35. The topological polar surface area (TPSA) is 81.7 Å². The molecule has 6 heteroatoms. The van der Waals surface area contributed by atoms with E-state index in [9.17, 15) is 9.90 Å². The van der Waals surface area contributed by atoms with Gasteiger partial charge in [0.05, 0.1) is 5.97 Å². The number of carbonyl (C=O) groups excluding carboxylic acids is 1. The van der Waals surface area contributed by atoms with E-state index in [1.54, 1.807) is 0 Å². The molecule has 1 N–H and O–H groups in total. The van der Waals surface area contributed by atoms with Gasteiger partial charge >= 0.3 is 0 Å². The highest BCUT2D eigenvalue weighted by Crippen LogP contribution is 2.08. The minimum absolute atomic E-state index is 0.102. The quantitative estimate of drug-likeness (QED) is 0.550. The Morgan fingerprint density at radius 2 is 2.70 bits per heavy atom. The summed E-state index contributed by atoms with van der Waals surface area (Å²) < 4.78 is 0. The first-order chi connectivity index (χ1) is 4.79. The largest absolute Gasteiger partial charge is 0.549 e. The van der Waals surface area contributed by atoms with Gasteiger partial charge in [-0.15, -0.1) is 0 Å². The van der Waals surface area contributed by atoms with Gasteiger partial charge in [0.2, 0.25) is 0 Å². The van der Waals surface area contributed by atoms with Crippen molar-refractivity contribution in [1.29, 1.82) is 0 Å². The number of carboxylic acid groups (broad SMARTS) is 1. The Labute approximate surface area is 60.9 Å². The van der Waals surface area contributed by atoms with Crippen LogP contribution in [0.5, 0.6) is 0 Å². The Morgan fingerprint density at radius 3 is 3.20 bits per heavy atom. The lowest BCUT2D eigenvalue weighted by molar-refractivity contribution is -0.301. The molecule has 0 unspecified atom stereocenters. The van der Waals surface area contributed by atoms with Gasteiger partial charge in [0.15, 0.2) is 5.16 Å². The molecule has 0 aliphatic carbocycles. The van der Waals surface area contributed by atoms with Gasteiger partial charge in [0, 0.05) is 5.75 Å². The lowest BCUT2D eigenvalue weighted by Gasteiger charge is -1.96. The molecule has 0 saturated heterocycles. The lowest BCUT2D eigenvalue weighted by atomic mass is 10.8. The fourth-order valence-electron chi connectivity index (χ4n) is 0.391. The minimum Gasteiger partial charge on any atom is -0.549 e. The molecule has 1 aromatic heterocycles. The van der Waals surface area contributed by atoms with Gasteiger partial charge in [-0.25, -0.2) is 4.98 Å². The van der Waals surface area contributed by atoms with Crippen molar-refractivity contribution in [2.45, 2.75) is 5.16 Å². The van der Waals surface area contributed by atoms with Crippen LogP contribution in [0.2, 0.25) is 0 Å². The van der Waals surface area contributed by atoms with Crippen molar-refractivity contribution < 1.29 is 9.90 Å². The summed E-state index contributed by atoms with van der Waals surface area (Å²) in [6.07, 6.45) is 1.32. The van der Waals surface area contributed by atoms with Crippen LogP contribution < -0.4 is 5.11 Å². The molecule has 0 atom stereocenters. The molecule has 0 radical (unpaired) electrons. The maximum atomic E-state index is 9.90. The molecule has 1 aromatic rings. The van der Waals surface area contributed by atoms with E-state index < -0.39 is 5.97 Å². The zero-order valence-electron chi connectivity index (χ0n) is 4.90. The first-order valence-corrected chi connectivity index (χ1v) is 3.45. The highest BCUT2D eigenvalue weighted by molar-refractivity contribution is 7.99. The molecule has 0 aromatic carbocycles. The fourth-order valence-corrected chi connectivity index (χ4v) is 0.885. The molecule has 10 heavy (non-hydrogen) atoms. The predicted molar refractivity (Wildman–Crippen MR) is 32.1 cm³/mol. The number of aromatic amines is 1. The van der Waals surface area contributed by atoms with Crippen LogP contribution in [0.25, 0.3) is 0 Å². The molecule has 1 heterocycles. The number of hydrogen-bond acceptors (Lipinski definition) is 5. The number of thioether (sulfide) groups is 1. The van der Waals surface area contributed by atoms with E-state index in [0.29, 0.717) is 5.16 Å². The molecule has 54 valence electrons. The molecule has 0 fully saturated rings. The standard InChI is InChI=1S/C4H5N3O2S/c8-3(9)1-10-4-5-2-6-7-4/h2H,1H2,(H,8,9)(H,5,6,7)/p-1. The summed E-state index contributed by atoms with van der Waals surface area (Å²) >= 11 is 1.04. The number of rotatable bonds is 3. The first-order valence-electron chi connectivity index (χ1n) is 2.47. The number of carboxylic acids is 1. The van der Waals surface area contributed by atoms with Gasteiger partial charge in [-0.3, -0.25) is 5.10 Å². The molecular formula is C4H4N3O2S-. The summed E-state index contributed by atoms with van der Waals surface area (Å²) in [4.78, 5) is 13.6. The number of nitrogens with zero attached hydrogens (tertiary/aromatic N) is 2. The zero-order valence-corrected chi connectivity index (χ0v) is 5.72. The summed E-state index contributed by atoms with van der Waals surface area (Å²) in [5, 5.41) is 16.4. The average molecular weight is 158 g/mol. The Balaban J connectivity index is 2.35. The van der Waals surface area contributed by atoms with Crippen LogP contribution in [0, 0.1) is 0 Å². The Hall–Kier alpha value is -1.04. The van der Waals surface area contributed by atoms with E-state index in [1.807, 2.05) is 0 Å². The Kier molecular flexibility index (Phi) is 2.27. The molecule has 0 bridgehead atoms. The van der Waals surface area contributed by atoms with Crippen LogP contribution in [0.1, 0.15) is 0 Å². The van der Waals surface area contributed by atoms with Crippen LogP contribution >= 0.6 is 11.8 Å². The number of nitrogens with one attached hydrogen (secondary N) is 1. The van der Waals surface area contributed by atoms with Crippen LogP contribution in [0.4, 0.5) is 0 Å². The molecule has 0 saturated carbocycles. The second kappa shape index (κ2) is 3.21. The molecule has 1 rings (SSSR count). The van der Waals surface area contributed by atoms with Gasteiger partial charge in [0.25, 0.3) is 0 Å². The van der Waals surface area contributed by atoms with Crippen molar-refractivity contribution in [3.63, 3.8) is 0 Å². The Morgan fingerprint density at radius 1 is 1.90 bits per heavy atom. The smallest absolute Gasteiger partial charge is 0.183 e. The highest BCUT2D eigenvalue weighted by Gasteiger charge is 1.94. The normalized spacial score (nSPS) is 9.60. The van der Waals surface area contributed by atoms with Crippen molar-refractivity contribution in [1.82, 2.24) is 15.2 Å². The molecular weight excluding hydrogens is 154 g/mol. The summed E-state index contributed by atoms with van der Waals surface area (Å²) in [6.45, 7) is 0. The van der Waals surface area contributed by atoms with Crippen molar-refractivity contribution in [2.75, 3.05) is 5.75 Å². The second-order valence-electron chi connectivity index (χ2n) is 1.45. The van der Waals surface area contributed by atoms with E-state index >= 15 is 0 Å². The van der Waals surface area contributed by atoms with Crippen molar-refractivity contribution in [3.05, 3.63) is 6.33 Å². The van der Waals surface area contributed by atoms with Crippen LogP contribution in [-0.4, -0.2) is 26.9 Å². The summed E-state index contributed by atoms with van der Waals surface area (Å²) in [5.41, 5.74) is 0. The van der Waals surface area contributed by atoms with E-state index in [4.69, 9.17) is 0 Å². The maximum Gasteiger partial charge on any atom is 0.183 e. The van der Waals surface area contributed by atoms with Gasteiger partial charge in [-0.1, -0.05) is 11.8 Å². The van der Waals surface area contributed by atoms with Gasteiger partial charge in [-0.05, 0) is 0 Å². The fraction of sp³-hybridized carbons (Fsp3) is 0.250. The van der Waals surface area contributed by atoms with Crippen molar-refractivity contribution in [2.24, 2.45) is 0 Å². The van der Waals surface area contributed by atoms with Crippen LogP contribution in [-0.2, 0) is 4.79 Å². The van der Waals surface area contributed by atoms with Gasteiger partial charge in [0.1, 0.15) is 6.33 Å². The van der Waals surface area contributed by atoms with E-state index in [1.165, 1.54) is 6.33 Å². The summed E-state index contributed by atoms with van der Waals surface area (Å²) in [6, 6.07) is 0. The number of hydrogen-bond donors (Lipinski definition) is 1. The molecule has 5 nitrogen and oxygen atoms in total. The summed E-state index contributed by atoms with van der Waals surface area (Å²) in [5.74, 6) is -1.21. The van der Waals surface area contributed by atoms with E-state index in [-0.39, 0.29) is 5.75 Å². The van der Waals surface area contributed by atoms with Crippen LogP contribution in [0.15, 0.2) is 11.5 Å². The monoisotopic (exact) mass is 158 g/mol. The Bertz CT molecular complexity index is 210. The van der Waals surface area contributed by atoms with E-state index in [2.05, 4.69) is 15.2 Å². The number of aliphatic carboxylic acids is 1. The SMILES string of the molecule is O=C([O-])CSc1ncn[nH]1. The van der Waals surface area contributed by atoms with Crippen molar-refractivity contribution >= 4 is 17.7 Å². The number of H-pyrrole nitrogens is 1. The molecule has 0 aliphatic heterocycles. The number of carbonyl (C=O) groups is 1. The summed E-state index contributed by atoms with van der Waals surface area (Å²) in [7, 11) is 0. The van der Waals surface area contributed by atoms with Crippen LogP contribution in [0.3, 0.4) is 0 Å². The maximum absolute atomic E-state index is 9.90. The molecule has 0 amide bonds. The van der Waals surface area contributed by atoms with Gasteiger partial charge in [-0.2, -0.15) is 5.10 Å². The van der Waals surface area contributed by atoms with E-state index in [0.717, 1.165) is 11.8 Å². The molecule has 0 aliphatic rings. The third-order valence-electron chi connectivity index (χ3n) is 0.720. The first kappa shape index (κ1) is 7.07. The van der Waals surface area contributed by atoms with Gasteiger partial charge < -0.3 is 9.90 Å². The minimum atomic E-state index is -1.11. The average Bonchev–Trinajstić information content (AvgIpc) is 2.34. The second-order valence-corrected chi connectivity index (χ2v) is 2.42. The zero-order chi connectivity index (χ0) is 7.40. The third-order valence-corrected chi connectivity index (χ3v) is 1.57. The third kappa shape index (κ3) is 2.06. The lowest BCUT2D eigenvalue weighted by Crippen LogP contribution is -2.24. The number of aromatic nitrogens is 3. The highest BCUT2D eigenvalue weighted by atomic mass is 32.2. The molecule has 0 spiro atoms. The van der Waals surface area contributed by atoms with Crippen molar-refractivity contribution in [3.8, 4) is 0 Å².